The third kappa shape index (κ3) is 4.28. The lowest BCUT2D eigenvalue weighted by Crippen LogP contribution is -2.44. The van der Waals surface area contributed by atoms with E-state index in [4.69, 9.17) is 9.84 Å². The summed E-state index contributed by atoms with van der Waals surface area (Å²) in [6.45, 7) is 8.15. The van der Waals surface area contributed by atoms with Crippen molar-refractivity contribution in [1.29, 1.82) is 0 Å². The van der Waals surface area contributed by atoms with Gasteiger partial charge in [-0.1, -0.05) is 0 Å². The van der Waals surface area contributed by atoms with E-state index in [1.165, 1.54) is 0 Å². The van der Waals surface area contributed by atoms with E-state index in [1.807, 2.05) is 0 Å². The van der Waals surface area contributed by atoms with Crippen LogP contribution in [0.1, 0.15) is 40.0 Å². The number of methoxy groups -OCH3 is 1. The number of carboxylic acid groups (broad SMARTS) is 1. The maximum atomic E-state index is 10.9. The maximum absolute atomic E-state index is 10.9. The van der Waals surface area contributed by atoms with Crippen molar-refractivity contribution < 1.29 is 14.6 Å². The van der Waals surface area contributed by atoms with Gasteiger partial charge in [0, 0.05) is 13.2 Å². The van der Waals surface area contributed by atoms with Gasteiger partial charge >= 0.3 is 5.97 Å². The molecule has 1 N–H and O–H groups in total. The molecule has 1 saturated heterocycles. The highest BCUT2D eigenvalue weighted by molar-refractivity contribution is 5.70. The molecule has 1 unspecified atom stereocenters. The lowest BCUT2D eigenvalue weighted by Gasteiger charge is -2.38. The molecule has 0 aromatic carbocycles. The summed E-state index contributed by atoms with van der Waals surface area (Å²) in [5.74, 6) is -0.789. The standard InChI is InChI=1S/C13H25NO3/c1-10(9-13(2,3)17-4)14-7-5-11(6-8-14)12(15)16/h10-11H,5-9H2,1-4H3,(H,15,16). The van der Waals surface area contributed by atoms with E-state index >= 15 is 0 Å². The zero-order chi connectivity index (χ0) is 13.1. The highest BCUT2D eigenvalue weighted by atomic mass is 16.5. The van der Waals surface area contributed by atoms with E-state index in [0.717, 1.165) is 32.4 Å². The molecule has 0 spiro atoms. The Morgan fingerprint density at radius 2 is 2.00 bits per heavy atom. The first-order valence-electron chi connectivity index (χ1n) is 6.38. The lowest BCUT2D eigenvalue weighted by molar-refractivity contribution is -0.143. The molecule has 1 atom stereocenters. The van der Waals surface area contributed by atoms with Crippen LogP contribution in [0.5, 0.6) is 0 Å². The Morgan fingerprint density at radius 1 is 1.47 bits per heavy atom. The first-order valence-corrected chi connectivity index (χ1v) is 6.38. The van der Waals surface area contributed by atoms with Crippen LogP contribution in [0.3, 0.4) is 0 Å². The number of nitrogens with zero attached hydrogens (tertiary/aromatic N) is 1. The van der Waals surface area contributed by atoms with Gasteiger partial charge in [0.25, 0.3) is 0 Å². The summed E-state index contributed by atoms with van der Waals surface area (Å²) >= 11 is 0. The van der Waals surface area contributed by atoms with Crippen LogP contribution < -0.4 is 0 Å². The van der Waals surface area contributed by atoms with Gasteiger partial charge in [-0.3, -0.25) is 4.79 Å². The smallest absolute Gasteiger partial charge is 0.306 e. The summed E-state index contributed by atoms with van der Waals surface area (Å²) in [4.78, 5) is 13.2. The third-order valence-corrected chi connectivity index (χ3v) is 3.84. The third-order valence-electron chi connectivity index (χ3n) is 3.84. The van der Waals surface area contributed by atoms with Gasteiger partial charge in [0.05, 0.1) is 11.5 Å². The van der Waals surface area contributed by atoms with E-state index in [2.05, 4.69) is 25.7 Å². The van der Waals surface area contributed by atoms with Gasteiger partial charge in [-0.05, 0) is 53.1 Å². The second kappa shape index (κ2) is 5.83. The summed E-state index contributed by atoms with van der Waals surface area (Å²) in [6.07, 6.45) is 2.52. The van der Waals surface area contributed by atoms with Crippen LogP contribution in [0.15, 0.2) is 0 Å². The minimum Gasteiger partial charge on any atom is -0.481 e. The fourth-order valence-corrected chi connectivity index (χ4v) is 2.51. The van der Waals surface area contributed by atoms with Crippen molar-refractivity contribution in [3.63, 3.8) is 0 Å². The van der Waals surface area contributed by atoms with Crippen LogP contribution in [-0.2, 0) is 9.53 Å². The number of ether oxygens (including phenoxy) is 1. The first kappa shape index (κ1) is 14.5. The predicted molar refractivity (Wildman–Crippen MR) is 67.1 cm³/mol. The topological polar surface area (TPSA) is 49.8 Å². The van der Waals surface area contributed by atoms with Crippen molar-refractivity contribution in [2.24, 2.45) is 5.92 Å². The average Bonchev–Trinajstić information content (AvgIpc) is 2.28. The number of carbonyl (C=O) groups is 1. The maximum Gasteiger partial charge on any atom is 0.306 e. The second-order valence-corrected chi connectivity index (χ2v) is 5.67. The zero-order valence-electron chi connectivity index (χ0n) is 11.4. The SMILES string of the molecule is COC(C)(C)CC(C)N1CCC(C(=O)O)CC1. The molecule has 0 aromatic rings. The number of hydrogen-bond donors (Lipinski definition) is 1. The minimum atomic E-state index is -0.644. The van der Waals surface area contributed by atoms with Crippen molar-refractivity contribution in [1.82, 2.24) is 4.90 Å². The van der Waals surface area contributed by atoms with E-state index in [0.29, 0.717) is 6.04 Å². The molecule has 1 fully saturated rings. The Labute approximate surface area is 104 Å². The summed E-state index contributed by atoms with van der Waals surface area (Å²) in [5.41, 5.74) is -0.108. The molecular weight excluding hydrogens is 218 g/mol. The predicted octanol–water partition coefficient (Wildman–Crippen LogP) is 1.99. The van der Waals surface area contributed by atoms with Gasteiger partial charge in [0.1, 0.15) is 0 Å². The number of carboxylic acids is 1. The quantitative estimate of drug-likeness (QED) is 0.802. The Hall–Kier alpha value is -0.610. The number of likely N-dealkylation sites (tertiary alicyclic amines) is 1. The number of rotatable bonds is 5. The second-order valence-electron chi connectivity index (χ2n) is 5.67. The van der Waals surface area contributed by atoms with Crippen LogP contribution in [0.4, 0.5) is 0 Å². The Balaban J connectivity index is 2.41. The van der Waals surface area contributed by atoms with Crippen molar-refractivity contribution >= 4 is 5.97 Å². The monoisotopic (exact) mass is 243 g/mol. The fraction of sp³-hybridized carbons (Fsp3) is 0.923. The molecule has 1 aliphatic rings. The molecule has 0 bridgehead atoms. The number of piperidine rings is 1. The Bertz CT molecular complexity index is 257. The van der Waals surface area contributed by atoms with Crippen LogP contribution in [-0.4, -0.2) is 47.8 Å². The fourth-order valence-electron chi connectivity index (χ4n) is 2.51. The summed E-state index contributed by atoms with van der Waals surface area (Å²) in [5, 5.41) is 8.95. The van der Waals surface area contributed by atoms with Gasteiger partial charge in [0.15, 0.2) is 0 Å². The molecule has 0 aliphatic carbocycles. The van der Waals surface area contributed by atoms with Crippen molar-refractivity contribution in [3.05, 3.63) is 0 Å². The van der Waals surface area contributed by atoms with E-state index in [1.54, 1.807) is 7.11 Å². The van der Waals surface area contributed by atoms with Crippen LogP contribution in [0.2, 0.25) is 0 Å². The van der Waals surface area contributed by atoms with Gasteiger partial charge in [-0.2, -0.15) is 0 Å². The van der Waals surface area contributed by atoms with Crippen molar-refractivity contribution in [3.8, 4) is 0 Å². The van der Waals surface area contributed by atoms with Crippen LogP contribution in [0.25, 0.3) is 0 Å². The van der Waals surface area contributed by atoms with Crippen LogP contribution in [0, 0.1) is 5.92 Å². The molecule has 1 heterocycles. The first-order chi connectivity index (χ1) is 7.85. The molecule has 0 radical (unpaired) electrons. The van der Waals surface area contributed by atoms with E-state index in [9.17, 15) is 4.79 Å². The molecule has 0 aromatic heterocycles. The highest BCUT2D eigenvalue weighted by Gasteiger charge is 2.29. The molecule has 17 heavy (non-hydrogen) atoms. The summed E-state index contributed by atoms with van der Waals surface area (Å²) in [7, 11) is 1.74. The molecule has 1 rings (SSSR count). The summed E-state index contributed by atoms with van der Waals surface area (Å²) in [6, 6.07) is 0.444. The van der Waals surface area contributed by atoms with Crippen LogP contribution >= 0.6 is 0 Å². The van der Waals surface area contributed by atoms with E-state index < -0.39 is 5.97 Å². The molecule has 100 valence electrons. The molecule has 4 nitrogen and oxygen atoms in total. The van der Waals surface area contributed by atoms with Gasteiger partial charge < -0.3 is 14.7 Å². The summed E-state index contributed by atoms with van der Waals surface area (Å²) < 4.78 is 5.44. The molecule has 0 saturated carbocycles. The minimum absolute atomic E-state index is 0.108. The van der Waals surface area contributed by atoms with Gasteiger partial charge in [0.2, 0.25) is 0 Å². The Kier molecular flexibility index (Phi) is 4.95. The Morgan fingerprint density at radius 3 is 2.41 bits per heavy atom. The molecule has 1 aliphatic heterocycles. The zero-order valence-corrected chi connectivity index (χ0v) is 11.4. The number of aliphatic carboxylic acids is 1. The normalized spacial score (nSPS) is 21.4. The highest BCUT2D eigenvalue weighted by Crippen LogP contribution is 2.24. The van der Waals surface area contributed by atoms with Gasteiger partial charge in [-0.25, -0.2) is 0 Å². The van der Waals surface area contributed by atoms with Crippen molar-refractivity contribution in [2.75, 3.05) is 20.2 Å². The molecular formula is C13H25NO3. The van der Waals surface area contributed by atoms with E-state index in [-0.39, 0.29) is 11.5 Å². The molecule has 0 amide bonds. The largest absolute Gasteiger partial charge is 0.481 e. The van der Waals surface area contributed by atoms with Crippen molar-refractivity contribution in [2.45, 2.75) is 51.7 Å². The number of hydrogen-bond acceptors (Lipinski definition) is 3. The average molecular weight is 243 g/mol. The van der Waals surface area contributed by atoms with Gasteiger partial charge in [-0.15, -0.1) is 0 Å². The molecule has 4 heteroatoms. The lowest BCUT2D eigenvalue weighted by atomic mass is 9.93.